The highest BCUT2D eigenvalue weighted by Gasteiger charge is 2.82. The molecule has 8 N–H and O–H groups in total. The standard InChI is InChI=1S/C26H38O6.C25H36O6.C24H30F2O6.C22H29FO4/c1-4-5-6-22(31)32-26(21(30)15-27)12-10-19-18-8-7-16-13-17(28)9-11-24(16,2)23(18)20(29)14-25(19,26)3;1-4-5-21(30)31-25(20(29)14-26)11-9-18-17-7-6-15-12-16(27)8-10-23(15,2)22(17)19(28)13-24(18,25)3;1-20(2)31-19-9-13-14-8-16(25)15-7-12(28)5-6-21(15,3)23(14,26)17(29)10-22(13,4)24(19,32-20)18(30)11-27;1-11-6-14-13-8-16(23)15-7-12(25)4-5-21(15,2)20(13)17(26)9-22(14,3)19(11)18(27)10-24/h13,18-20,23,27,29H,4-12,14-15H2,1-3H3;12,17-19,22,26,28H,4-11,13-14H2,1-3H3;5-7,13-14,16-17,19,27,29H,8-11H2,1-4H3;4-5,7,11,13-14,16-17,19-20,24,26H,6,8-10H2,1-3H3/t18-,19-,20-,23+,24-,25-,26-;17-,18-,19-,22+,23-,24-,25-;13-,14-,16-,17-,19+,21-,22-,23-,24+;11-,13+,14+,16+,17+,19-,20-,21+,22+/m0001/s1. The summed E-state index contributed by atoms with van der Waals surface area (Å²) in [6.07, 6.45) is 18.2. The van der Waals surface area contributed by atoms with Gasteiger partial charge in [0.25, 0.3) is 0 Å². The summed E-state index contributed by atoms with van der Waals surface area (Å²) in [5, 5.41) is 84.4. The fourth-order valence-corrected chi connectivity index (χ4v) is 31.4. The number of halogens is 3. The van der Waals surface area contributed by atoms with Gasteiger partial charge in [-0.05, 0) is 272 Å². The smallest absolute Gasteiger partial charge is 0.306 e. The highest BCUT2D eigenvalue weighted by Crippen LogP contribution is 2.76. The zero-order chi connectivity index (χ0) is 89.1. The number of allylic oxidation sites excluding steroid dienone is 10. The molecule has 22 nitrogen and oxygen atoms in total. The second-order valence-corrected chi connectivity index (χ2v) is 42.6. The molecule has 25 heteroatoms. The van der Waals surface area contributed by atoms with E-state index in [1.165, 1.54) is 36.8 Å². The average molecular weight is 1710 g/mol. The van der Waals surface area contributed by atoms with Crippen LogP contribution >= 0.6 is 0 Å². The number of carbonyl (C=O) groups excluding carboxylic acids is 10. The number of esters is 2. The number of Topliss-reactive ketones (excluding diaryl/α,β-unsaturated/α-hetero) is 4. The van der Waals surface area contributed by atoms with E-state index in [1.54, 1.807) is 32.9 Å². The van der Waals surface area contributed by atoms with Crippen molar-refractivity contribution in [2.75, 3.05) is 26.4 Å². The van der Waals surface area contributed by atoms with Crippen molar-refractivity contribution >= 4 is 58.2 Å². The first kappa shape index (κ1) is 92.3. The molecule has 1 heterocycles. The van der Waals surface area contributed by atoms with Crippen molar-refractivity contribution in [1.29, 1.82) is 0 Å². The van der Waals surface area contributed by atoms with Gasteiger partial charge in [-0.25, -0.2) is 13.2 Å². The fourth-order valence-electron chi connectivity index (χ4n) is 31.4. The Labute approximate surface area is 714 Å². The van der Waals surface area contributed by atoms with Gasteiger partial charge in [0, 0.05) is 70.5 Å². The Kier molecular flexibility index (Phi) is 24.5. The van der Waals surface area contributed by atoms with Crippen LogP contribution in [0, 0.1) is 120 Å². The van der Waals surface area contributed by atoms with Gasteiger partial charge in [-0.1, -0.05) is 99.0 Å². The van der Waals surface area contributed by atoms with Crippen LogP contribution in [0.4, 0.5) is 13.2 Å². The molecule has 16 aliphatic carbocycles. The van der Waals surface area contributed by atoms with Crippen LogP contribution in [-0.4, -0.2) is 197 Å². The van der Waals surface area contributed by atoms with E-state index in [0.29, 0.717) is 63.4 Å². The molecule has 0 aromatic heterocycles. The summed E-state index contributed by atoms with van der Waals surface area (Å²) in [4.78, 5) is 125. The summed E-state index contributed by atoms with van der Waals surface area (Å²) in [6.45, 7) is 22.3. The Bertz CT molecular complexity index is 4450. The van der Waals surface area contributed by atoms with Gasteiger partial charge in [-0.15, -0.1) is 0 Å². The molecule has 0 amide bonds. The molecule has 17 aliphatic rings. The topological polar surface area (TPSA) is 369 Å². The van der Waals surface area contributed by atoms with Crippen molar-refractivity contribution < 1.29 is 121 Å². The lowest BCUT2D eigenvalue weighted by Crippen LogP contribution is -2.71. The highest BCUT2D eigenvalue weighted by atomic mass is 19.1. The zero-order valence-electron chi connectivity index (χ0n) is 73.6. The van der Waals surface area contributed by atoms with E-state index in [-0.39, 0.29) is 143 Å². The molecular weight excluding hydrogens is 1570 g/mol. The molecule has 0 unspecified atom stereocenters. The number of fused-ring (bicyclic) bond motifs is 22. The third-order valence-corrected chi connectivity index (χ3v) is 36.5. The molecular formula is C97H133F3O22. The Morgan fingerprint density at radius 3 is 1.52 bits per heavy atom. The van der Waals surface area contributed by atoms with Gasteiger partial charge in [0.1, 0.15) is 38.8 Å². The number of aliphatic hydroxyl groups excluding tert-OH is 8. The zero-order valence-corrected chi connectivity index (χ0v) is 73.6. The first-order valence-corrected chi connectivity index (χ1v) is 45.6. The number of carbonyl (C=O) groups is 10. The van der Waals surface area contributed by atoms with Gasteiger partial charge in [0.2, 0.25) is 11.6 Å². The first-order valence-electron chi connectivity index (χ1n) is 45.6. The lowest BCUT2D eigenvalue weighted by molar-refractivity contribution is -0.248. The van der Waals surface area contributed by atoms with Crippen LogP contribution in [0.1, 0.15) is 251 Å². The van der Waals surface area contributed by atoms with Crippen LogP contribution in [0.3, 0.4) is 0 Å². The Balaban J connectivity index is 0.000000133. The van der Waals surface area contributed by atoms with Gasteiger partial charge in [-0.2, -0.15) is 0 Å². The van der Waals surface area contributed by atoms with E-state index in [4.69, 9.17) is 18.9 Å². The van der Waals surface area contributed by atoms with Gasteiger partial charge in [0.05, 0.1) is 30.5 Å². The molecule has 32 atom stereocenters. The average Bonchev–Trinajstić information content (AvgIpc) is 1.44. The second kappa shape index (κ2) is 32.4. The molecule has 0 bridgehead atoms. The predicted octanol–water partition coefficient (Wildman–Crippen LogP) is 11.7. The summed E-state index contributed by atoms with van der Waals surface area (Å²) in [7, 11) is 0. The maximum Gasteiger partial charge on any atom is 0.306 e. The summed E-state index contributed by atoms with van der Waals surface area (Å²) in [5.41, 5.74) is -9.14. The van der Waals surface area contributed by atoms with Crippen LogP contribution in [0.25, 0.3) is 0 Å². The lowest BCUT2D eigenvalue weighted by Gasteiger charge is -2.63. The summed E-state index contributed by atoms with van der Waals surface area (Å²) in [6, 6.07) is 0. The minimum atomic E-state index is -2.24. The van der Waals surface area contributed by atoms with Crippen molar-refractivity contribution in [2.24, 2.45) is 120 Å². The monoisotopic (exact) mass is 1710 g/mol. The summed E-state index contributed by atoms with van der Waals surface area (Å²) in [5.74, 6) is -4.77. The second-order valence-electron chi connectivity index (χ2n) is 42.6. The number of hydrogen-bond acceptors (Lipinski definition) is 22. The first-order chi connectivity index (χ1) is 57.1. The molecule has 17 rings (SSSR count). The Morgan fingerprint density at radius 2 is 1.01 bits per heavy atom. The summed E-state index contributed by atoms with van der Waals surface area (Å²) >= 11 is 0. The number of rotatable bonds is 15. The molecule has 0 spiro atoms. The van der Waals surface area contributed by atoms with Gasteiger partial charge in [0.15, 0.2) is 63.0 Å². The fraction of sp³-hybridized carbons (Fsp3) is 0.773. The highest BCUT2D eigenvalue weighted by molar-refractivity contribution is 6.02. The third-order valence-electron chi connectivity index (χ3n) is 36.5. The quantitative estimate of drug-likeness (QED) is 0.0706. The SMILES string of the molecule is CC1(C)O[C@@H]2C[C@H]3[C@@H]4C[C@H](F)C5=CC(=O)C=C[C@]5(C)[C@@]4(F)[C@@H](O)C[C@]3(C)[C@]2(C(=O)CO)O1.CCCC(=O)O[C@]1(C(=O)CO)CC[C@H]2[C@@H]3CCC4=CC(=O)CC[C@]4(C)[C@H]3[C@@H](O)C[C@@]21C.CCCCC(=O)O[C@]1(C(=O)CO)CC[C@H]2[C@@H]3CCC4=CC(=O)CC[C@]4(C)[C@H]3[C@@H](O)C[C@@]21C.C[C@@H]1C[C@H]2[C@@H]3C[C@H](F)C4=CC(=O)C=C[C@]4(C)[C@H]3[C@@H](O)C[C@]2(C)[C@H]1C(=O)CO. The van der Waals surface area contributed by atoms with E-state index in [0.717, 1.165) is 75.9 Å². The molecule has 13 fully saturated rings. The molecule has 1 saturated heterocycles. The number of unbranched alkanes of at least 4 members (excludes halogenated alkanes) is 1. The van der Waals surface area contributed by atoms with Crippen molar-refractivity contribution in [2.45, 2.75) is 322 Å². The largest absolute Gasteiger partial charge is 0.450 e. The Hall–Kier alpha value is -5.87. The number of alkyl halides is 3. The molecule has 0 aromatic rings. The maximum absolute atomic E-state index is 17.1. The number of hydrogen-bond donors (Lipinski definition) is 8. The third kappa shape index (κ3) is 13.6. The van der Waals surface area contributed by atoms with Gasteiger partial charge < -0.3 is 59.8 Å². The predicted molar refractivity (Wildman–Crippen MR) is 440 cm³/mol. The van der Waals surface area contributed by atoms with Gasteiger partial charge in [-0.3, -0.25) is 47.9 Å². The van der Waals surface area contributed by atoms with Crippen molar-refractivity contribution in [3.8, 4) is 0 Å². The molecule has 674 valence electrons. The molecule has 122 heavy (non-hydrogen) atoms. The molecule has 0 radical (unpaired) electrons. The van der Waals surface area contributed by atoms with E-state index in [1.807, 2.05) is 54.5 Å². The van der Waals surface area contributed by atoms with E-state index in [9.17, 15) is 88.8 Å². The van der Waals surface area contributed by atoms with Crippen LogP contribution in [0.5, 0.6) is 0 Å². The molecule has 1 aliphatic heterocycles. The van der Waals surface area contributed by atoms with Crippen molar-refractivity contribution in [3.63, 3.8) is 0 Å². The van der Waals surface area contributed by atoms with E-state index in [2.05, 4.69) is 13.8 Å². The van der Waals surface area contributed by atoms with E-state index >= 15 is 13.2 Å². The minimum Gasteiger partial charge on any atom is -0.450 e. The van der Waals surface area contributed by atoms with Crippen molar-refractivity contribution in [1.82, 2.24) is 0 Å². The minimum absolute atomic E-state index is 0.0319. The van der Waals surface area contributed by atoms with E-state index < -0.39 is 177 Å². The van der Waals surface area contributed by atoms with Crippen LogP contribution in [0.2, 0.25) is 0 Å². The van der Waals surface area contributed by atoms with Crippen LogP contribution < -0.4 is 0 Å². The maximum atomic E-state index is 17.1. The van der Waals surface area contributed by atoms with Gasteiger partial charge >= 0.3 is 11.9 Å². The lowest BCUT2D eigenvalue weighted by atomic mass is 9.44. The number of aliphatic hydroxyl groups is 8. The number of ketones is 8. The van der Waals surface area contributed by atoms with Crippen LogP contribution in [-0.2, 0) is 66.9 Å². The van der Waals surface area contributed by atoms with Crippen molar-refractivity contribution in [3.05, 3.63) is 70.9 Å². The van der Waals surface area contributed by atoms with Crippen LogP contribution in [0.15, 0.2) is 70.9 Å². The molecule has 12 saturated carbocycles. The number of ether oxygens (including phenoxy) is 4. The Morgan fingerprint density at radius 1 is 0.508 bits per heavy atom. The molecule has 0 aromatic carbocycles. The summed E-state index contributed by atoms with van der Waals surface area (Å²) < 4.78 is 71.9. The normalized spacial score (nSPS) is 47.8.